The van der Waals surface area contributed by atoms with Gasteiger partial charge in [-0.15, -0.1) is 0 Å². The van der Waals surface area contributed by atoms with Crippen LogP contribution < -0.4 is 16.6 Å². The molecule has 0 fully saturated rings. The summed E-state index contributed by atoms with van der Waals surface area (Å²) in [5.74, 6) is -3.35. The predicted octanol–water partition coefficient (Wildman–Crippen LogP) is -0.412. The van der Waals surface area contributed by atoms with Gasteiger partial charge >= 0.3 is 5.97 Å². The van der Waals surface area contributed by atoms with Crippen LogP contribution in [-0.2, 0) is 29.1 Å². The normalized spacial score (nSPS) is 12.8. The maximum atomic E-state index is 13.0. The highest BCUT2D eigenvalue weighted by atomic mass is 16.5. The molecule has 0 radical (unpaired) electrons. The molecule has 10 heteroatoms. The van der Waals surface area contributed by atoms with Crippen molar-refractivity contribution in [3.8, 4) is 5.75 Å². The standard InChI is InChI=1S/C19H19N3O7/c20-17(26)11-3-1-10(2-4-11)8-22-13-5-6-29-9-12(13)16(25)15(19(22)28)18(27)21-7-14(23)24/h1-4,25H,5-9H2,(H2,20,26)(H,21,27)(H,23,24). The second-order valence-corrected chi connectivity index (χ2v) is 6.48. The van der Waals surface area contributed by atoms with Crippen molar-refractivity contribution in [3.63, 3.8) is 0 Å². The van der Waals surface area contributed by atoms with Crippen molar-refractivity contribution in [1.82, 2.24) is 9.88 Å². The molecular formula is C19H19N3O7. The number of rotatable bonds is 6. The molecule has 1 aliphatic rings. The minimum Gasteiger partial charge on any atom is -0.506 e. The Morgan fingerprint density at radius 2 is 1.90 bits per heavy atom. The average molecular weight is 401 g/mol. The van der Waals surface area contributed by atoms with Crippen molar-refractivity contribution in [2.75, 3.05) is 13.2 Å². The zero-order valence-electron chi connectivity index (χ0n) is 15.3. The van der Waals surface area contributed by atoms with Gasteiger partial charge in [-0.25, -0.2) is 0 Å². The number of carbonyl (C=O) groups is 3. The minimum absolute atomic E-state index is 0.0151. The van der Waals surface area contributed by atoms with Crippen LogP contribution in [-0.4, -0.2) is 45.7 Å². The average Bonchev–Trinajstić information content (AvgIpc) is 2.70. The summed E-state index contributed by atoms with van der Waals surface area (Å²) < 4.78 is 6.70. The number of hydrogen-bond donors (Lipinski definition) is 4. The molecular weight excluding hydrogens is 382 g/mol. The number of aromatic hydroxyl groups is 1. The van der Waals surface area contributed by atoms with Crippen LogP contribution in [0.25, 0.3) is 0 Å². The summed E-state index contributed by atoms with van der Waals surface area (Å²) in [6, 6.07) is 6.32. The lowest BCUT2D eigenvalue weighted by Crippen LogP contribution is -2.38. The third-order valence-corrected chi connectivity index (χ3v) is 4.59. The molecule has 1 aromatic carbocycles. The Hall–Kier alpha value is -3.66. The number of aromatic nitrogens is 1. The molecule has 0 spiro atoms. The van der Waals surface area contributed by atoms with E-state index in [0.29, 0.717) is 35.4 Å². The first kappa shape index (κ1) is 20.1. The first-order valence-electron chi connectivity index (χ1n) is 8.73. The topological polar surface area (TPSA) is 161 Å². The highest BCUT2D eigenvalue weighted by Gasteiger charge is 2.27. The number of ether oxygens (including phenoxy) is 1. The van der Waals surface area contributed by atoms with E-state index in [1.165, 1.54) is 16.7 Å². The van der Waals surface area contributed by atoms with Crippen molar-refractivity contribution in [2.45, 2.75) is 19.6 Å². The molecule has 0 atom stereocenters. The van der Waals surface area contributed by atoms with Crippen molar-refractivity contribution < 1.29 is 29.3 Å². The fourth-order valence-corrected chi connectivity index (χ4v) is 3.16. The molecule has 1 aromatic heterocycles. The maximum Gasteiger partial charge on any atom is 0.322 e. The summed E-state index contributed by atoms with van der Waals surface area (Å²) in [6.07, 6.45) is 0.356. The smallest absolute Gasteiger partial charge is 0.322 e. The molecule has 0 saturated heterocycles. The Labute approximate surface area is 164 Å². The van der Waals surface area contributed by atoms with E-state index in [4.69, 9.17) is 15.6 Å². The van der Waals surface area contributed by atoms with E-state index in [1.807, 2.05) is 0 Å². The monoisotopic (exact) mass is 401 g/mol. The van der Waals surface area contributed by atoms with E-state index in [9.17, 15) is 24.3 Å². The lowest BCUT2D eigenvalue weighted by atomic mass is 10.0. The number of fused-ring (bicyclic) bond motifs is 1. The SMILES string of the molecule is NC(=O)c1ccc(Cn2c3c(c(O)c(C(=O)NCC(=O)O)c2=O)COCC3)cc1. The van der Waals surface area contributed by atoms with E-state index in [-0.39, 0.29) is 13.2 Å². The molecule has 2 heterocycles. The van der Waals surface area contributed by atoms with Crippen molar-refractivity contribution in [3.05, 3.63) is 62.6 Å². The molecule has 5 N–H and O–H groups in total. The summed E-state index contributed by atoms with van der Waals surface area (Å²) in [7, 11) is 0. The maximum absolute atomic E-state index is 13.0. The molecule has 2 aromatic rings. The number of aliphatic carboxylic acids is 1. The van der Waals surface area contributed by atoms with Crippen LogP contribution in [0.1, 0.15) is 37.5 Å². The number of primary amides is 1. The summed E-state index contributed by atoms with van der Waals surface area (Å²) in [6.45, 7) is -0.252. The van der Waals surface area contributed by atoms with Gasteiger partial charge < -0.3 is 30.6 Å². The van der Waals surface area contributed by atoms with E-state index in [1.54, 1.807) is 12.1 Å². The fraction of sp³-hybridized carbons (Fsp3) is 0.263. The first-order chi connectivity index (χ1) is 13.8. The second kappa shape index (κ2) is 8.15. The lowest BCUT2D eigenvalue weighted by molar-refractivity contribution is -0.135. The molecule has 0 aliphatic carbocycles. The number of benzene rings is 1. The Morgan fingerprint density at radius 3 is 2.52 bits per heavy atom. The van der Waals surface area contributed by atoms with Crippen LogP contribution in [0.2, 0.25) is 0 Å². The molecule has 10 nitrogen and oxygen atoms in total. The predicted molar refractivity (Wildman–Crippen MR) is 99.8 cm³/mol. The van der Waals surface area contributed by atoms with Gasteiger partial charge in [0.25, 0.3) is 11.5 Å². The highest BCUT2D eigenvalue weighted by Crippen LogP contribution is 2.28. The number of carboxylic acids is 1. The van der Waals surface area contributed by atoms with Crippen molar-refractivity contribution in [1.29, 1.82) is 0 Å². The summed E-state index contributed by atoms with van der Waals surface area (Å²) in [5.41, 5.74) is 5.78. The number of carboxylic acid groups (broad SMARTS) is 1. The third kappa shape index (κ3) is 4.11. The summed E-state index contributed by atoms with van der Waals surface area (Å²) in [5, 5.41) is 21.3. The quantitative estimate of drug-likeness (QED) is 0.511. The molecule has 3 rings (SSSR count). The number of nitrogens with two attached hydrogens (primary N) is 1. The molecule has 0 bridgehead atoms. The van der Waals surface area contributed by atoms with Gasteiger partial charge in [0.05, 0.1) is 19.8 Å². The molecule has 152 valence electrons. The van der Waals surface area contributed by atoms with Gasteiger partial charge in [-0.2, -0.15) is 0 Å². The highest BCUT2D eigenvalue weighted by molar-refractivity contribution is 5.98. The van der Waals surface area contributed by atoms with Crippen LogP contribution in [0, 0.1) is 0 Å². The number of carbonyl (C=O) groups excluding carboxylic acids is 2. The van der Waals surface area contributed by atoms with Crippen molar-refractivity contribution >= 4 is 17.8 Å². The minimum atomic E-state index is -1.28. The number of amides is 2. The zero-order valence-corrected chi connectivity index (χ0v) is 15.3. The van der Waals surface area contributed by atoms with Gasteiger partial charge in [0.15, 0.2) is 0 Å². The fourth-order valence-electron chi connectivity index (χ4n) is 3.16. The lowest BCUT2D eigenvalue weighted by Gasteiger charge is -2.24. The molecule has 0 saturated carbocycles. The van der Waals surface area contributed by atoms with Gasteiger partial charge in [0, 0.05) is 23.2 Å². The molecule has 2 amide bonds. The zero-order chi connectivity index (χ0) is 21.1. The van der Waals surface area contributed by atoms with Crippen LogP contribution in [0.5, 0.6) is 5.75 Å². The number of nitrogens with zero attached hydrogens (tertiary/aromatic N) is 1. The van der Waals surface area contributed by atoms with Crippen LogP contribution >= 0.6 is 0 Å². The van der Waals surface area contributed by atoms with E-state index < -0.39 is 41.2 Å². The first-order valence-corrected chi connectivity index (χ1v) is 8.73. The van der Waals surface area contributed by atoms with Crippen LogP contribution in [0.4, 0.5) is 0 Å². The van der Waals surface area contributed by atoms with E-state index in [2.05, 4.69) is 5.32 Å². The Bertz CT molecular complexity index is 1040. The Kier molecular flexibility index (Phi) is 5.64. The van der Waals surface area contributed by atoms with Gasteiger partial charge in [0.1, 0.15) is 17.9 Å². The second-order valence-electron chi connectivity index (χ2n) is 6.48. The van der Waals surface area contributed by atoms with Crippen LogP contribution in [0.3, 0.4) is 0 Å². The number of nitrogens with one attached hydrogen (secondary N) is 1. The largest absolute Gasteiger partial charge is 0.506 e. The Balaban J connectivity index is 2.06. The molecule has 0 unspecified atom stereocenters. The number of pyridine rings is 1. The van der Waals surface area contributed by atoms with Gasteiger partial charge in [-0.1, -0.05) is 12.1 Å². The molecule has 1 aliphatic heterocycles. The van der Waals surface area contributed by atoms with Gasteiger partial charge in [-0.05, 0) is 17.7 Å². The third-order valence-electron chi connectivity index (χ3n) is 4.59. The van der Waals surface area contributed by atoms with Crippen molar-refractivity contribution in [2.24, 2.45) is 5.73 Å². The van der Waals surface area contributed by atoms with Crippen LogP contribution in [0.15, 0.2) is 29.1 Å². The Morgan fingerprint density at radius 1 is 1.21 bits per heavy atom. The molecule has 29 heavy (non-hydrogen) atoms. The van der Waals surface area contributed by atoms with E-state index in [0.717, 1.165) is 0 Å². The van der Waals surface area contributed by atoms with Gasteiger partial charge in [0.2, 0.25) is 5.91 Å². The number of hydrogen-bond acceptors (Lipinski definition) is 6. The van der Waals surface area contributed by atoms with Gasteiger partial charge in [-0.3, -0.25) is 19.2 Å². The van der Waals surface area contributed by atoms with E-state index >= 15 is 0 Å². The summed E-state index contributed by atoms with van der Waals surface area (Å²) in [4.78, 5) is 47.3. The summed E-state index contributed by atoms with van der Waals surface area (Å²) >= 11 is 0.